The third-order valence-electron chi connectivity index (χ3n) is 1.77. The fourth-order valence-corrected chi connectivity index (χ4v) is 0.857. The molecule has 0 aromatic carbocycles. The maximum atomic E-state index is 10.7. The molecule has 1 aromatic heterocycles. The van der Waals surface area contributed by atoms with Crippen LogP contribution in [0.1, 0.15) is 12.5 Å². The Morgan fingerprint density at radius 2 is 2.33 bits per heavy atom. The van der Waals surface area contributed by atoms with Crippen LogP contribution in [0.2, 0.25) is 0 Å². The number of aromatic nitrogens is 1. The van der Waals surface area contributed by atoms with Gasteiger partial charge in [-0.3, -0.25) is 4.79 Å². The zero-order valence-corrected chi connectivity index (χ0v) is 6.87. The molecule has 1 aromatic rings. The van der Waals surface area contributed by atoms with Crippen LogP contribution in [-0.2, 0) is 5.54 Å². The Hall–Kier alpha value is -1.13. The summed E-state index contributed by atoms with van der Waals surface area (Å²) in [6.45, 7) is 1.54. The van der Waals surface area contributed by atoms with Crippen molar-refractivity contribution in [2.45, 2.75) is 12.5 Å². The zero-order valence-electron chi connectivity index (χ0n) is 6.87. The van der Waals surface area contributed by atoms with Crippen LogP contribution >= 0.6 is 0 Å². The molecule has 1 heterocycles. The molecule has 66 valence electrons. The maximum Gasteiger partial charge on any atom is 0.247 e. The highest BCUT2D eigenvalue weighted by Crippen LogP contribution is 2.13. The van der Waals surface area contributed by atoms with Crippen LogP contribution in [0, 0.1) is 0 Å². The molecule has 0 aliphatic rings. The van der Waals surface area contributed by atoms with E-state index in [0.29, 0.717) is 5.56 Å². The van der Waals surface area contributed by atoms with Gasteiger partial charge in [-0.15, -0.1) is 0 Å². The number of rotatable bonds is 2. The highest BCUT2D eigenvalue weighted by Gasteiger charge is 2.19. The van der Waals surface area contributed by atoms with Crippen LogP contribution < -0.4 is 11.3 Å². The molecule has 1 atom stereocenters. The number of hydrogen-bond acceptors (Lipinski definition) is 3. The van der Waals surface area contributed by atoms with Gasteiger partial charge in [0.2, 0.25) is 5.56 Å². The highest BCUT2D eigenvalue weighted by molar-refractivity contribution is 5.18. The van der Waals surface area contributed by atoms with Crippen LogP contribution in [0.3, 0.4) is 0 Å². The number of aromatic amines is 1. The predicted octanol–water partition coefficient (Wildman–Crippen LogP) is -0.459. The average molecular weight is 168 g/mol. The normalized spacial score (nSPS) is 15.6. The van der Waals surface area contributed by atoms with Crippen LogP contribution in [0.5, 0.6) is 0 Å². The first-order chi connectivity index (χ1) is 5.56. The molecule has 0 aliphatic heterocycles. The van der Waals surface area contributed by atoms with Crippen molar-refractivity contribution in [1.82, 2.24) is 4.98 Å². The Morgan fingerprint density at radius 1 is 1.67 bits per heavy atom. The molecule has 1 rings (SSSR count). The lowest BCUT2D eigenvalue weighted by molar-refractivity contribution is 0.210. The molecule has 12 heavy (non-hydrogen) atoms. The van der Waals surface area contributed by atoms with E-state index in [0.717, 1.165) is 0 Å². The van der Waals surface area contributed by atoms with Crippen molar-refractivity contribution in [1.29, 1.82) is 0 Å². The zero-order chi connectivity index (χ0) is 9.19. The van der Waals surface area contributed by atoms with Gasteiger partial charge in [0.15, 0.2) is 0 Å². The average Bonchev–Trinajstić information content (AvgIpc) is 2.05. The summed E-state index contributed by atoms with van der Waals surface area (Å²) in [7, 11) is 0. The van der Waals surface area contributed by atoms with Crippen molar-refractivity contribution < 1.29 is 5.11 Å². The third-order valence-corrected chi connectivity index (χ3v) is 1.77. The number of aliphatic hydroxyl groups is 1. The number of pyridine rings is 1. The largest absolute Gasteiger partial charge is 0.394 e. The van der Waals surface area contributed by atoms with E-state index in [2.05, 4.69) is 4.98 Å². The Labute approximate surface area is 70.0 Å². The second-order valence-electron chi connectivity index (χ2n) is 3.02. The monoisotopic (exact) mass is 168 g/mol. The Kier molecular flexibility index (Phi) is 2.30. The van der Waals surface area contributed by atoms with Gasteiger partial charge in [0.1, 0.15) is 0 Å². The lowest BCUT2D eigenvalue weighted by Crippen LogP contribution is -2.37. The minimum atomic E-state index is -0.788. The van der Waals surface area contributed by atoms with E-state index in [1.807, 2.05) is 0 Å². The molecule has 0 bridgehead atoms. The molecule has 0 saturated carbocycles. The minimum absolute atomic E-state index is 0.154. The molecule has 0 amide bonds. The molecule has 0 aliphatic carbocycles. The van der Waals surface area contributed by atoms with Gasteiger partial charge in [0.25, 0.3) is 0 Å². The summed E-state index contributed by atoms with van der Waals surface area (Å²) in [6.07, 6.45) is 1.51. The summed E-state index contributed by atoms with van der Waals surface area (Å²) in [5.74, 6) is 0. The van der Waals surface area contributed by atoms with Crippen molar-refractivity contribution in [3.05, 3.63) is 34.2 Å². The van der Waals surface area contributed by atoms with Gasteiger partial charge >= 0.3 is 0 Å². The fourth-order valence-electron chi connectivity index (χ4n) is 0.857. The minimum Gasteiger partial charge on any atom is -0.394 e. The molecule has 0 saturated heterocycles. The Bertz CT molecular complexity index is 297. The molecule has 0 unspecified atom stereocenters. The molecule has 0 radical (unpaired) electrons. The van der Waals surface area contributed by atoms with Gasteiger partial charge in [-0.25, -0.2) is 0 Å². The van der Waals surface area contributed by atoms with Gasteiger partial charge in [0.05, 0.1) is 12.1 Å². The lowest BCUT2D eigenvalue weighted by atomic mass is 9.96. The van der Waals surface area contributed by atoms with Crippen LogP contribution in [0.4, 0.5) is 0 Å². The van der Waals surface area contributed by atoms with Crippen LogP contribution in [-0.4, -0.2) is 16.7 Å². The van der Waals surface area contributed by atoms with Gasteiger partial charge in [-0.05, 0) is 12.5 Å². The van der Waals surface area contributed by atoms with Gasteiger partial charge in [-0.2, -0.15) is 0 Å². The second-order valence-corrected chi connectivity index (χ2v) is 3.02. The summed E-state index contributed by atoms with van der Waals surface area (Å²) >= 11 is 0. The van der Waals surface area contributed by atoms with Crippen molar-refractivity contribution >= 4 is 0 Å². The van der Waals surface area contributed by atoms with Gasteiger partial charge in [0, 0.05) is 12.3 Å². The van der Waals surface area contributed by atoms with Crippen molar-refractivity contribution in [2.24, 2.45) is 5.73 Å². The molecule has 0 spiro atoms. The number of H-pyrrole nitrogens is 1. The summed E-state index contributed by atoms with van der Waals surface area (Å²) < 4.78 is 0. The number of aliphatic hydroxyl groups excluding tert-OH is 1. The van der Waals surface area contributed by atoms with Gasteiger partial charge < -0.3 is 15.8 Å². The van der Waals surface area contributed by atoms with Crippen molar-refractivity contribution in [2.75, 3.05) is 6.61 Å². The summed E-state index contributed by atoms with van der Waals surface area (Å²) in [4.78, 5) is 13.2. The van der Waals surface area contributed by atoms with Gasteiger partial charge in [-0.1, -0.05) is 6.07 Å². The van der Waals surface area contributed by atoms with E-state index < -0.39 is 5.54 Å². The fraction of sp³-hybridized carbons (Fsp3) is 0.375. The summed E-state index contributed by atoms with van der Waals surface area (Å²) in [5.41, 5.74) is 5.47. The van der Waals surface area contributed by atoms with Crippen molar-refractivity contribution in [3.63, 3.8) is 0 Å². The number of nitrogens with one attached hydrogen (secondary N) is 1. The Balaban J connectivity index is 3.04. The van der Waals surface area contributed by atoms with Crippen molar-refractivity contribution in [3.8, 4) is 0 Å². The first-order valence-electron chi connectivity index (χ1n) is 3.65. The molecular formula is C8H12N2O2. The molecule has 0 fully saturated rings. The van der Waals surface area contributed by atoms with Crippen LogP contribution in [0.25, 0.3) is 0 Å². The second kappa shape index (κ2) is 3.08. The standard InChI is InChI=1S/C8H12N2O2/c1-8(9,5-11)6-2-3-7(12)10-4-6/h2-4,11H,5,9H2,1H3,(H,10,12)/t8-/m1/s1. The van der Waals surface area contributed by atoms with E-state index in [1.54, 1.807) is 13.0 Å². The quantitative estimate of drug-likeness (QED) is 0.559. The maximum absolute atomic E-state index is 10.7. The molecule has 4 nitrogen and oxygen atoms in total. The van der Waals surface area contributed by atoms with E-state index in [4.69, 9.17) is 10.8 Å². The lowest BCUT2D eigenvalue weighted by Gasteiger charge is -2.21. The Morgan fingerprint density at radius 3 is 2.75 bits per heavy atom. The first-order valence-corrected chi connectivity index (χ1v) is 3.65. The topological polar surface area (TPSA) is 79.1 Å². The van der Waals surface area contributed by atoms with E-state index in [9.17, 15) is 4.79 Å². The molecular weight excluding hydrogens is 156 g/mol. The molecule has 4 N–H and O–H groups in total. The van der Waals surface area contributed by atoms with E-state index >= 15 is 0 Å². The highest BCUT2D eigenvalue weighted by atomic mass is 16.3. The smallest absolute Gasteiger partial charge is 0.247 e. The summed E-state index contributed by atoms with van der Waals surface area (Å²) in [6, 6.07) is 2.99. The van der Waals surface area contributed by atoms with E-state index in [-0.39, 0.29) is 12.2 Å². The summed E-state index contributed by atoms with van der Waals surface area (Å²) in [5, 5.41) is 8.90. The van der Waals surface area contributed by atoms with E-state index in [1.165, 1.54) is 12.3 Å². The molecule has 4 heteroatoms. The number of hydrogen-bond donors (Lipinski definition) is 3. The number of nitrogens with two attached hydrogens (primary N) is 1. The van der Waals surface area contributed by atoms with Crippen LogP contribution in [0.15, 0.2) is 23.1 Å². The SMILES string of the molecule is C[C@@](N)(CO)c1ccc(=O)[nH]c1. The third kappa shape index (κ3) is 1.72. The predicted molar refractivity (Wildman–Crippen MR) is 45.7 cm³/mol. The first kappa shape index (κ1) is 8.96.